The van der Waals surface area contributed by atoms with Gasteiger partial charge < -0.3 is 14.6 Å². The first-order chi connectivity index (χ1) is 6.78. The van der Waals surface area contributed by atoms with Gasteiger partial charge in [0.15, 0.2) is 0 Å². The van der Waals surface area contributed by atoms with E-state index in [-0.39, 0.29) is 40.8 Å². The number of nitrogens with one attached hydrogen (secondary N) is 1. The van der Waals surface area contributed by atoms with E-state index in [1.54, 1.807) is 20.8 Å². The number of carbonyl (C=O) groups is 1. The van der Waals surface area contributed by atoms with E-state index >= 15 is 0 Å². The maximum absolute atomic E-state index is 11.3. The van der Waals surface area contributed by atoms with Crippen molar-refractivity contribution in [3.8, 4) is 0 Å². The molecule has 0 saturated heterocycles. The van der Waals surface area contributed by atoms with Gasteiger partial charge in [0.25, 0.3) is 0 Å². The van der Waals surface area contributed by atoms with Crippen LogP contribution in [0.15, 0.2) is 0 Å². The van der Waals surface area contributed by atoms with Crippen LogP contribution in [0, 0.1) is 0 Å². The third-order valence-electron chi connectivity index (χ3n) is 2.09. The summed E-state index contributed by atoms with van der Waals surface area (Å²) >= 11 is -2.02. The van der Waals surface area contributed by atoms with E-state index in [0.29, 0.717) is 12.8 Å². The molecule has 7 heteroatoms. The molecular weight excluding hydrogens is 241 g/mol. The van der Waals surface area contributed by atoms with Gasteiger partial charge in [-0.15, -0.1) is 0 Å². The smallest absolute Gasteiger partial charge is 0.772 e. The average Bonchev–Trinajstić information content (AvgIpc) is 1.91. The van der Waals surface area contributed by atoms with Crippen LogP contribution in [0.3, 0.4) is 0 Å². The molecular formula is C9H16NNaO4S. The fourth-order valence-corrected chi connectivity index (χ4v) is 2.09. The molecule has 16 heavy (non-hydrogen) atoms. The Labute approximate surface area is 120 Å². The molecule has 1 unspecified atom stereocenters. The third kappa shape index (κ3) is 5.63. The van der Waals surface area contributed by atoms with Crippen molar-refractivity contribution in [2.45, 2.75) is 50.5 Å². The van der Waals surface area contributed by atoms with Crippen LogP contribution in [-0.2, 0) is 15.8 Å². The normalized spacial score (nSPS) is 26.0. The Hall–Kier alpha value is 0.380. The van der Waals surface area contributed by atoms with Gasteiger partial charge in [0.05, 0.1) is 0 Å². The molecule has 0 aromatic carbocycles. The molecule has 88 valence electrons. The van der Waals surface area contributed by atoms with E-state index in [4.69, 9.17) is 4.74 Å². The van der Waals surface area contributed by atoms with Gasteiger partial charge in [-0.25, -0.2) is 4.79 Å². The zero-order valence-corrected chi connectivity index (χ0v) is 12.9. The van der Waals surface area contributed by atoms with Crippen LogP contribution in [0.25, 0.3) is 0 Å². The first kappa shape index (κ1) is 16.4. The van der Waals surface area contributed by atoms with Gasteiger partial charge in [0.2, 0.25) is 0 Å². The maximum Gasteiger partial charge on any atom is 1.00 e. The average molecular weight is 257 g/mol. The Bertz CT molecular complexity index is 273. The summed E-state index contributed by atoms with van der Waals surface area (Å²) in [7, 11) is 0. The van der Waals surface area contributed by atoms with E-state index in [0.717, 1.165) is 0 Å². The summed E-state index contributed by atoms with van der Waals surface area (Å²) in [4.78, 5) is 11.3. The predicted octanol–water partition coefficient (Wildman–Crippen LogP) is -2.07. The van der Waals surface area contributed by atoms with Crippen LogP contribution in [0.1, 0.15) is 33.6 Å². The van der Waals surface area contributed by atoms with Crippen molar-refractivity contribution < 1.29 is 47.9 Å². The number of carbonyl (C=O) groups excluding carboxylic acids is 1. The van der Waals surface area contributed by atoms with Crippen molar-refractivity contribution >= 4 is 17.2 Å². The first-order valence-corrected chi connectivity index (χ1v) is 5.99. The van der Waals surface area contributed by atoms with Crippen molar-refractivity contribution in [2.24, 2.45) is 0 Å². The zero-order valence-electron chi connectivity index (χ0n) is 10.1. The minimum atomic E-state index is -2.02. The van der Waals surface area contributed by atoms with Crippen LogP contribution in [0.5, 0.6) is 0 Å². The summed E-state index contributed by atoms with van der Waals surface area (Å²) in [6, 6.07) is -0.0669. The Morgan fingerprint density at radius 3 is 2.31 bits per heavy atom. The van der Waals surface area contributed by atoms with Crippen molar-refractivity contribution in [3.05, 3.63) is 0 Å². The molecule has 1 N–H and O–H groups in total. The molecule has 1 fully saturated rings. The number of hydrogen-bond acceptors (Lipinski definition) is 4. The van der Waals surface area contributed by atoms with Gasteiger partial charge in [-0.05, 0) is 33.6 Å². The summed E-state index contributed by atoms with van der Waals surface area (Å²) in [5.74, 6) is 0. The Balaban J connectivity index is 0.00000225. The Kier molecular flexibility index (Phi) is 6.50. The molecule has 0 aromatic heterocycles. The van der Waals surface area contributed by atoms with E-state index in [1.165, 1.54) is 0 Å². The SMILES string of the molecule is CC(C)(C)OC(=O)NC1CC(S(=O)[O-])C1.[Na+]. The summed E-state index contributed by atoms with van der Waals surface area (Å²) in [5, 5.41) is 2.31. The molecule has 1 aliphatic carbocycles. The third-order valence-corrected chi connectivity index (χ3v) is 3.02. The van der Waals surface area contributed by atoms with Gasteiger partial charge in [0.1, 0.15) is 5.60 Å². The topological polar surface area (TPSA) is 78.5 Å². The monoisotopic (exact) mass is 257 g/mol. The summed E-state index contributed by atoms with van der Waals surface area (Å²) in [6.45, 7) is 5.34. The van der Waals surface area contributed by atoms with Gasteiger partial charge in [-0.1, -0.05) is 11.1 Å². The van der Waals surface area contributed by atoms with E-state index < -0.39 is 22.8 Å². The molecule has 1 rings (SSSR count). The molecule has 1 atom stereocenters. The Morgan fingerprint density at radius 1 is 1.44 bits per heavy atom. The van der Waals surface area contributed by atoms with Crippen molar-refractivity contribution in [1.82, 2.24) is 5.32 Å². The van der Waals surface area contributed by atoms with Crippen LogP contribution < -0.4 is 34.9 Å². The second-order valence-corrected chi connectivity index (χ2v) is 5.88. The fraction of sp³-hybridized carbons (Fsp3) is 0.889. The van der Waals surface area contributed by atoms with Crippen molar-refractivity contribution in [2.75, 3.05) is 0 Å². The largest absolute Gasteiger partial charge is 1.00 e. The molecule has 0 aromatic rings. The minimum Gasteiger partial charge on any atom is -0.772 e. The van der Waals surface area contributed by atoms with Crippen molar-refractivity contribution in [3.63, 3.8) is 0 Å². The number of amides is 1. The van der Waals surface area contributed by atoms with Crippen molar-refractivity contribution in [1.29, 1.82) is 0 Å². The van der Waals surface area contributed by atoms with E-state index in [2.05, 4.69) is 5.32 Å². The van der Waals surface area contributed by atoms with Gasteiger partial charge in [0, 0.05) is 11.3 Å². The van der Waals surface area contributed by atoms with E-state index in [9.17, 15) is 13.6 Å². The van der Waals surface area contributed by atoms with E-state index in [1.807, 2.05) is 0 Å². The minimum absolute atomic E-state index is 0. The standard InChI is InChI=1S/C9H17NO4S.Na/c1-9(2,3)14-8(11)10-6-4-7(5-6)15(12)13;/h6-7H,4-5H2,1-3H3,(H,10,11)(H,12,13);/q;+1/p-1. The van der Waals surface area contributed by atoms with Crippen LogP contribution in [-0.4, -0.2) is 31.7 Å². The number of ether oxygens (including phenoxy) is 1. The fourth-order valence-electron chi connectivity index (χ4n) is 1.31. The van der Waals surface area contributed by atoms with Gasteiger partial charge in [-0.3, -0.25) is 4.21 Å². The van der Waals surface area contributed by atoms with Gasteiger partial charge >= 0.3 is 35.7 Å². The molecule has 0 radical (unpaired) electrons. The summed E-state index contributed by atoms with van der Waals surface area (Å²) in [6.07, 6.45) is 0.479. The molecule has 0 aliphatic heterocycles. The predicted molar refractivity (Wildman–Crippen MR) is 55.1 cm³/mol. The zero-order chi connectivity index (χ0) is 11.6. The molecule has 0 spiro atoms. The second kappa shape index (κ2) is 6.35. The molecule has 1 saturated carbocycles. The number of rotatable bonds is 2. The van der Waals surface area contributed by atoms with Gasteiger partial charge in [-0.2, -0.15) is 0 Å². The molecule has 0 heterocycles. The van der Waals surface area contributed by atoms with Crippen LogP contribution >= 0.6 is 0 Å². The maximum atomic E-state index is 11.3. The molecule has 1 aliphatic rings. The quantitative estimate of drug-likeness (QED) is 0.455. The molecule has 1 amide bonds. The molecule has 5 nitrogen and oxygen atoms in total. The summed E-state index contributed by atoms with van der Waals surface area (Å²) in [5.41, 5.74) is -0.519. The number of hydrogen-bond donors (Lipinski definition) is 1. The molecule has 0 bridgehead atoms. The van der Waals surface area contributed by atoms with Crippen LogP contribution in [0.2, 0.25) is 0 Å². The first-order valence-electron chi connectivity index (χ1n) is 4.85. The summed E-state index contributed by atoms with van der Waals surface area (Å²) < 4.78 is 26.0. The second-order valence-electron chi connectivity index (χ2n) is 4.70. The van der Waals surface area contributed by atoms with Crippen LogP contribution in [0.4, 0.5) is 4.79 Å². The Morgan fingerprint density at radius 2 is 1.94 bits per heavy atom. The number of alkyl carbamates (subject to hydrolysis) is 1.